The zero-order chi connectivity index (χ0) is 10.7. The van der Waals surface area contributed by atoms with Gasteiger partial charge >= 0.3 is 0 Å². The summed E-state index contributed by atoms with van der Waals surface area (Å²) >= 11 is 2.27. The topological polar surface area (TPSA) is 29.0 Å². The number of aromatic nitrogens is 2. The minimum atomic E-state index is 0.485. The van der Waals surface area contributed by atoms with Crippen LogP contribution in [0.5, 0.6) is 0 Å². The number of nitrogens with zero attached hydrogens (tertiary/aromatic N) is 3. The molecule has 0 N–H and O–H groups in total. The highest BCUT2D eigenvalue weighted by molar-refractivity contribution is 14.1. The molecular formula is C10H16IN3. The number of hydrogen-bond donors (Lipinski definition) is 0. The van der Waals surface area contributed by atoms with E-state index >= 15 is 0 Å². The molecule has 0 spiro atoms. The van der Waals surface area contributed by atoms with Crippen LogP contribution in [-0.2, 0) is 0 Å². The lowest BCUT2D eigenvalue weighted by Gasteiger charge is -2.29. The maximum absolute atomic E-state index is 4.29. The predicted molar refractivity (Wildman–Crippen MR) is 67.5 cm³/mol. The van der Waals surface area contributed by atoms with E-state index in [-0.39, 0.29) is 0 Å². The van der Waals surface area contributed by atoms with Crippen LogP contribution in [0.25, 0.3) is 0 Å². The molecule has 0 saturated carbocycles. The van der Waals surface area contributed by atoms with E-state index in [1.165, 1.54) is 0 Å². The highest BCUT2D eigenvalue weighted by Gasteiger charge is 2.16. The first kappa shape index (κ1) is 11.7. The molecule has 1 rings (SSSR count). The van der Waals surface area contributed by atoms with Crippen molar-refractivity contribution in [2.75, 3.05) is 11.9 Å². The number of anilines is 1. The van der Waals surface area contributed by atoms with Crippen LogP contribution in [0, 0.1) is 9.49 Å². The normalized spacial score (nSPS) is 13.0. The van der Waals surface area contributed by atoms with Crippen LogP contribution in [0.3, 0.4) is 0 Å². The molecule has 0 aliphatic heterocycles. The highest BCUT2D eigenvalue weighted by Crippen LogP contribution is 2.21. The molecule has 1 aromatic heterocycles. The second-order valence-electron chi connectivity index (χ2n) is 3.79. The van der Waals surface area contributed by atoms with Crippen LogP contribution in [0.15, 0.2) is 12.5 Å². The van der Waals surface area contributed by atoms with Gasteiger partial charge in [-0.3, -0.25) is 0 Å². The molecule has 0 bridgehead atoms. The van der Waals surface area contributed by atoms with Gasteiger partial charge in [0.1, 0.15) is 12.1 Å². The van der Waals surface area contributed by atoms with E-state index in [2.05, 4.69) is 65.3 Å². The van der Waals surface area contributed by atoms with E-state index < -0.39 is 0 Å². The van der Waals surface area contributed by atoms with Crippen LogP contribution < -0.4 is 4.90 Å². The van der Waals surface area contributed by atoms with Gasteiger partial charge in [-0.25, -0.2) is 9.97 Å². The zero-order valence-corrected chi connectivity index (χ0v) is 11.2. The first-order valence-electron chi connectivity index (χ1n) is 4.72. The van der Waals surface area contributed by atoms with Crippen molar-refractivity contribution in [3.8, 4) is 0 Å². The van der Waals surface area contributed by atoms with Gasteiger partial charge in [0.25, 0.3) is 0 Å². The van der Waals surface area contributed by atoms with Crippen molar-refractivity contribution < 1.29 is 0 Å². The van der Waals surface area contributed by atoms with Gasteiger partial charge < -0.3 is 4.90 Å². The van der Waals surface area contributed by atoms with Crippen molar-refractivity contribution in [2.24, 2.45) is 5.92 Å². The van der Waals surface area contributed by atoms with E-state index in [0.717, 1.165) is 9.39 Å². The zero-order valence-electron chi connectivity index (χ0n) is 9.03. The summed E-state index contributed by atoms with van der Waals surface area (Å²) in [6.07, 6.45) is 3.44. The number of halogens is 1. The molecule has 3 nitrogen and oxygen atoms in total. The Labute approximate surface area is 99.1 Å². The molecule has 78 valence electrons. The van der Waals surface area contributed by atoms with Crippen molar-refractivity contribution in [1.82, 2.24) is 9.97 Å². The van der Waals surface area contributed by atoms with Gasteiger partial charge in [-0.15, -0.1) is 0 Å². The Morgan fingerprint density at radius 2 is 2.00 bits per heavy atom. The third-order valence-corrected chi connectivity index (χ3v) is 3.32. The largest absolute Gasteiger partial charge is 0.356 e. The Balaban J connectivity index is 2.89. The van der Waals surface area contributed by atoms with Gasteiger partial charge in [-0.1, -0.05) is 13.8 Å². The molecule has 0 aromatic carbocycles. The lowest BCUT2D eigenvalue weighted by atomic mass is 10.1. The Morgan fingerprint density at radius 3 is 2.50 bits per heavy atom. The lowest BCUT2D eigenvalue weighted by molar-refractivity contribution is 0.502. The summed E-state index contributed by atoms with van der Waals surface area (Å²) in [6, 6.07) is 0.485. The molecule has 1 atom stereocenters. The molecule has 0 fully saturated rings. The molecule has 0 radical (unpaired) electrons. The molecule has 1 unspecified atom stereocenters. The van der Waals surface area contributed by atoms with Gasteiger partial charge in [0.05, 0.1) is 3.57 Å². The fourth-order valence-electron chi connectivity index (χ4n) is 1.21. The summed E-state index contributed by atoms with van der Waals surface area (Å²) < 4.78 is 1.10. The van der Waals surface area contributed by atoms with E-state index in [4.69, 9.17) is 0 Å². The third-order valence-electron chi connectivity index (χ3n) is 2.56. The Bertz CT molecular complexity index is 301. The fourth-order valence-corrected chi connectivity index (χ4v) is 1.89. The van der Waals surface area contributed by atoms with Gasteiger partial charge in [0.2, 0.25) is 0 Å². The van der Waals surface area contributed by atoms with Crippen molar-refractivity contribution >= 4 is 28.4 Å². The SMILES string of the molecule is CC(C)C(C)N(C)c1ncncc1I. The molecule has 0 saturated heterocycles. The van der Waals surface area contributed by atoms with Crippen LogP contribution in [0.2, 0.25) is 0 Å². The average molecular weight is 305 g/mol. The van der Waals surface area contributed by atoms with Crippen molar-refractivity contribution in [3.63, 3.8) is 0 Å². The summed E-state index contributed by atoms with van der Waals surface area (Å²) in [4.78, 5) is 10.5. The minimum Gasteiger partial charge on any atom is -0.356 e. The van der Waals surface area contributed by atoms with Gasteiger partial charge in [-0.05, 0) is 35.4 Å². The summed E-state index contributed by atoms with van der Waals surface area (Å²) in [5.41, 5.74) is 0. The van der Waals surface area contributed by atoms with E-state index in [0.29, 0.717) is 12.0 Å². The maximum atomic E-state index is 4.29. The Hall–Kier alpha value is -0.390. The van der Waals surface area contributed by atoms with E-state index in [9.17, 15) is 0 Å². The quantitative estimate of drug-likeness (QED) is 0.804. The summed E-state index contributed by atoms with van der Waals surface area (Å²) in [7, 11) is 2.08. The molecule has 0 amide bonds. The monoisotopic (exact) mass is 305 g/mol. The third kappa shape index (κ3) is 2.56. The summed E-state index contributed by atoms with van der Waals surface area (Å²) in [5, 5.41) is 0. The summed E-state index contributed by atoms with van der Waals surface area (Å²) in [5.74, 6) is 1.63. The van der Waals surface area contributed by atoms with Crippen LogP contribution in [-0.4, -0.2) is 23.1 Å². The smallest absolute Gasteiger partial charge is 0.145 e. The standard InChI is InChI=1S/C10H16IN3/c1-7(2)8(3)14(4)10-9(11)5-12-6-13-10/h5-8H,1-4H3. The van der Waals surface area contributed by atoms with E-state index in [1.54, 1.807) is 6.33 Å². The second kappa shape index (κ2) is 4.91. The minimum absolute atomic E-state index is 0.485. The number of rotatable bonds is 3. The van der Waals surface area contributed by atoms with Gasteiger partial charge in [0.15, 0.2) is 0 Å². The molecule has 0 aliphatic carbocycles. The Kier molecular flexibility index (Phi) is 4.10. The molecule has 1 aromatic rings. The van der Waals surface area contributed by atoms with Gasteiger partial charge in [-0.2, -0.15) is 0 Å². The molecule has 4 heteroatoms. The first-order valence-corrected chi connectivity index (χ1v) is 5.80. The molecule has 1 heterocycles. The fraction of sp³-hybridized carbons (Fsp3) is 0.600. The van der Waals surface area contributed by atoms with Crippen LogP contribution in [0.4, 0.5) is 5.82 Å². The van der Waals surface area contributed by atoms with Crippen molar-refractivity contribution in [1.29, 1.82) is 0 Å². The first-order chi connectivity index (χ1) is 6.54. The average Bonchev–Trinajstić information content (AvgIpc) is 2.16. The van der Waals surface area contributed by atoms with Crippen LogP contribution in [0.1, 0.15) is 20.8 Å². The van der Waals surface area contributed by atoms with E-state index in [1.807, 2.05) is 6.20 Å². The van der Waals surface area contributed by atoms with Crippen molar-refractivity contribution in [3.05, 3.63) is 16.1 Å². The summed E-state index contributed by atoms with van der Waals surface area (Å²) in [6.45, 7) is 6.65. The predicted octanol–water partition coefficient (Wildman–Crippen LogP) is 2.56. The van der Waals surface area contributed by atoms with Crippen LogP contribution >= 0.6 is 22.6 Å². The van der Waals surface area contributed by atoms with Gasteiger partial charge in [0, 0.05) is 19.3 Å². The van der Waals surface area contributed by atoms with Crippen molar-refractivity contribution in [2.45, 2.75) is 26.8 Å². The molecule has 0 aliphatic rings. The highest BCUT2D eigenvalue weighted by atomic mass is 127. The maximum Gasteiger partial charge on any atom is 0.145 e. The molecular weight excluding hydrogens is 289 g/mol. The number of hydrogen-bond acceptors (Lipinski definition) is 3. The Morgan fingerprint density at radius 1 is 1.36 bits per heavy atom. The lowest BCUT2D eigenvalue weighted by Crippen LogP contribution is -2.34. The second-order valence-corrected chi connectivity index (χ2v) is 4.95. The molecule has 14 heavy (non-hydrogen) atoms.